The van der Waals surface area contributed by atoms with Crippen molar-refractivity contribution in [2.45, 2.75) is 40.0 Å². The van der Waals surface area contributed by atoms with Gasteiger partial charge in [-0.15, -0.1) is 6.58 Å². The van der Waals surface area contributed by atoms with Gasteiger partial charge in [-0.3, -0.25) is 0 Å². The van der Waals surface area contributed by atoms with Crippen LogP contribution in [0.1, 0.15) is 40.0 Å². The molecule has 0 aromatic rings. The van der Waals surface area contributed by atoms with Crippen molar-refractivity contribution in [3.8, 4) is 6.07 Å². The van der Waals surface area contributed by atoms with Gasteiger partial charge in [-0.05, 0) is 36.5 Å². The summed E-state index contributed by atoms with van der Waals surface area (Å²) in [6.45, 7) is 10.7. The van der Waals surface area contributed by atoms with Crippen LogP contribution in [-0.2, 0) is 0 Å². The van der Waals surface area contributed by atoms with Gasteiger partial charge < -0.3 is 0 Å². The summed E-state index contributed by atoms with van der Waals surface area (Å²) < 4.78 is 0. The zero-order valence-corrected chi connectivity index (χ0v) is 9.59. The van der Waals surface area contributed by atoms with Crippen LogP contribution in [0.2, 0.25) is 0 Å². The average molecular weight is 191 g/mol. The number of nitrogens with zero attached hydrogens (tertiary/aromatic N) is 1. The molecule has 0 aromatic heterocycles. The maximum atomic E-state index is 9.01. The molecule has 1 saturated carbocycles. The summed E-state index contributed by atoms with van der Waals surface area (Å²) in [5.74, 6) is 1.45. The van der Waals surface area contributed by atoms with Crippen molar-refractivity contribution in [2.75, 3.05) is 0 Å². The van der Waals surface area contributed by atoms with Crippen LogP contribution in [-0.4, -0.2) is 0 Å². The molecule has 1 aliphatic rings. The summed E-state index contributed by atoms with van der Waals surface area (Å²) in [5.41, 5.74) is 0.370. The lowest BCUT2D eigenvalue weighted by molar-refractivity contribution is 0.0721. The van der Waals surface area contributed by atoms with E-state index >= 15 is 0 Å². The fourth-order valence-electron chi connectivity index (χ4n) is 2.77. The molecule has 4 atom stereocenters. The Morgan fingerprint density at radius 3 is 2.71 bits per heavy atom. The smallest absolute Gasteiger partial charge is 0.0658 e. The largest absolute Gasteiger partial charge is 0.198 e. The number of allylic oxidation sites excluding steroid dienone is 1. The van der Waals surface area contributed by atoms with Crippen molar-refractivity contribution in [3.63, 3.8) is 0 Å². The van der Waals surface area contributed by atoms with E-state index in [9.17, 15) is 0 Å². The highest BCUT2D eigenvalue weighted by molar-refractivity contribution is 4.99. The Hall–Kier alpha value is -0.770. The molecule has 0 heterocycles. The van der Waals surface area contributed by atoms with Gasteiger partial charge in [0.25, 0.3) is 0 Å². The zero-order valence-electron chi connectivity index (χ0n) is 9.59. The molecule has 1 heteroatoms. The second-order valence-electron chi connectivity index (χ2n) is 5.20. The van der Waals surface area contributed by atoms with Crippen LogP contribution >= 0.6 is 0 Å². The monoisotopic (exact) mass is 191 g/mol. The van der Waals surface area contributed by atoms with E-state index in [4.69, 9.17) is 5.26 Å². The van der Waals surface area contributed by atoms with Crippen LogP contribution in [0, 0.1) is 34.5 Å². The molecule has 14 heavy (non-hydrogen) atoms. The zero-order chi connectivity index (χ0) is 10.8. The van der Waals surface area contributed by atoms with E-state index in [1.54, 1.807) is 0 Å². The third kappa shape index (κ3) is 2.00. The first-order chi connectivity index (χ1) is 6.53. The topological polar surface area (TPSA) is 23.8 Å². The van der Waals surface area contributed by atoms with E-state index in [1.165, 1.54) is 6.42 Å². The number of rotatable bonds is 2. The van der Waals surface area contributed by atoms with Crippen molar-refractivity contribution in [2.24, 2.45) is 23.2 Å². The Balaban J connectivity index is 2.75. The van der Waals surface area contributed by atoms with E-state index in [-0.39, 0.29) is 5.92 Å². The minimum absolute atomic E-state index is 0.267. The standard InChI is InChI=1S/C13H21N/c1-5-6-13(4)8-10(2)12(9-14)7-11(13)3/h5,10-12H,1,6-8H2,2-4H3/t10?,11?,12-,13?/m1/s1. The van der Waals surface area contributed by atoms with Crippen molar-refractivity contribution >= 4 is 0 Å². The summed E-state index contributed by atoms with van der Waals surface area (Å²) in [6, 6.07) is 2.44. The quantitative estimate of drug-likeness (QED) is 0.609. The normalized spacial score (nSPS) is 42.9. The highest BCUT2D eigenvalue weighted by Gasteiger charge is 2.40. The van der Waals surface area contributed by atoms with Gasteiger partial charge in [0, 0.05) is 5.92 Å². The Labute approximate surface area is 87.8 Å². The molecule has 1 rings (SSSR count). The summed E-state index contributed by atoms with van der Waals surface area (Å²) in [7, 11) is 0. The fraction of sp³-hybridized carbons (Fsp3) is 0.769. The predicted molar refractivity (Wildman–Crippen MR) is 59.6 cm³/mol. The molecular formula is C13H21N. The number of nitriles is 1. The van der Waals surface area contributed by atoms with Gasteiger partial charge in [-0.25, -0.2) is 0 Å². The van der Waals surface area contributed by atoms with Crippen LogP contribution in [0.3, 0.4) is 0 Å². The Bertz CT molecular complexity index is 250. The molecule has 78 valence electrons. The molecule has 0 amide bonds. The molecule has 3 unspecified atom stereocenters. The molecule has 0 radical (unpaired) electrons. The van der Waals surface area contributed by atoms with Crippen LogP contribution in [0.5, 0.6) is 0 Å². The lowest BCUT2D eigenvalue weighted by Gasteiger charge is -2.44. The average Bonchev–Trinajstić information content (AvgIpc) is 2.11. The summed E-state index contributed by atoms with van der Waals surface area (Å²) in [4.78, 5) is 0. The first-order valence-corrected chi connectivity index (χ1v) is 5.54. The minimum atomic E-state index is 0.267. The van der Waals surface area contributed by atoms with E-state index < -0.39 is 0 Å². The molecule has 0 aliphatic heterocycles. The number of hydrogen-bond donors (Lipinski definition) is 0. The van der Waals surface area contributed by atoms with E-state index in [1.807, 2.05) is 6.08 Å². The van der Waals surface area contributed by atoms with Gasteiger partial charge in [0.05, 0.1) is 6.07 Å². The molecule has 0 spiro atoms. The van der Waals surface area contributed by atoms with Crippen LogP contribution < -0.4 is 0 Å². The fourth-order valence-corrected chi connectivity index (χ4v) is 2.77. The van der Waals surface area contributed by atoms with Gasteiger partial charge in [0.2, 0.25) is 0 Å². The Morgan fingerprint density at radius 2 is 2.21 bits per heavy atom. The molecule has 0 N–H and O–H groups in total. The van der Waals surface area contributed by atoms with Crippen LogP contribution in [0.4, 0.5) is 0 Å². The third-order valence-corrected chi connectivity index (χ3v) is 4.05. The lowest BCUT2D eigenvalue weighted by atomic mass is 9.60. The van der Waals surface area contributed by atoms with Crippen molar-refractivity contribution in [3.05, 3.63) is 12.7 Å². The van der Waals surface area contributed by atoms with Gasteiger partial charge in [0.15, 0.2) is 0 Å². The highest BCUT2D eigenvalue weighted by atomic mass is 14.5. The Kier molecular flexibility index (Phi) is 3.37. The van der Waals surface area contributed by atoms with Crippen molar-refractivity contribution < 1.29 is 0 Å². The molecule has 1 fully saturated rings. The second-order valence-corrected chi connectivity index (χ2v) is 5.20. The Morgan fingerprint density at radius 1 is 1.57 bits per heavy atom. The third-order valence-electron chi connectivity index (χ3n) is 4.05. The molecule has 0 bridgehead atoms. The maximum Gasteiger partial charge on any atom is 0.0658 e. The summed E-state index contributed by atoms with van der Waals surface area (Å²) in [6.07, 6.45) is 5.33. The maximum absolute atomic E-state index is 9.01. The van der Waals surface area contributed by atoms with Crippen molar-refractivity contribution in [1.29, 1.82) is 5.26 Å². The molecule has 0 saturated heterocycles. The van der Waals surface area contributed by atoms with Gasteiger partial charge in [0.1, 0.15) is 0 Å². The second kappa shape index (κ2) is 4.17. The number of hydrogen-bond acceptors (Lipinski definition) is 1. The van der Waals surface area contributed by atoms with Crippen LogP contribution in [0.25, 0.3) is 0 Å². The van der Waals surface area contributed by atoms with Crippen molar-refractivity contribution in [1.82, 2.24) is 0 Å². The van der Waals surface area contributed by atoms with E-state index in [0.717, 1.165) is 12.8 Å². The first-order valence-electron chi connectivity index (χ1n) is 5.54. The van der Waals surface area contributed by atoms with Gasteiger partial charge >= 0.3 is 0 Å². The first kappa shape index (κ1) is 11.3. The SMILES string of the molecule is C=CCC1(C)CC(C)[C@@H](C#N)CC1C. The molecule has 1 aliphatic carbocycles. The lowest BCUT2D eigenvalue weighted by Crippen LogP contribution is -2.36. The molecule has 0 aromatic carbocycles. The highest BCUT2D eigenvalue weighted by Crippen LogP contribution is 2.48. The van der Waals surface area contributed by atoms with Crippen LogP contribution in [0.15, 0.2) is 12.7 Å². The van der Waals surface area contributed by atoms with E-state index in [0.29, 0.717) is 17.3 Å². The minimum Gasteiger partial charge on any atom is -0.198 e. The predicted octanol–water partition coefficient (Wildman–Crippen LogP) is 3.77. The molecular weight excluding hydrogens is 170 g/mol. The summed E-state index contributed by atoms with van der Waals surface area (Å²) in [5, 5.41) is 9.01. The molecule has 1 nitrogen and oxygen atoms in total. The van der Waals surface area contributed by atoms with E-state index in [2.05, 4.69) is 33.4 Å². The summed E-state index contributed by atoms with van der Waals surface area (Å²) >= 11 is 0. The van der Waals surface area contributed by atoms with Gasteiger partial charge in [-0.1, -0.05) is 26.8 Å². The van der Waals surface area contributed by atoms with Gasteiger partial charge in [-0.2, -0.15) is 5.26 Å².